The Morgan fingerprint density at radius 3 is 2.34 bits per heavy atom. The average Bonchev–Trinajstić information content (AvgIpc) is 2.70. The molecule has 3 aromatic rings. The fraction of sp³-hybridized carbons (Fsp3) is 0.143. The molecule has 0 saturated heterocycles. The Labute approximate surface area is 173 Å². The Balaban J connectivity index is 2.24. The fourth-order valence-electron chi connectivity index (χ4n) is 3.13. The van der Waals surface area contributed by atoms with Gasteiger partial charge in [-0.3, -0.25) is 4.31 Å². The molecule has 0 heterocycles. The van der Waals surface area contributed by atoms with Crippen LogP contribution in [0.4, 0.5) is 14.5 Å². The summed E-state index contributed by atoms with van der Waals surface area (Å²) in [5, 5.41) is 9.99. The number of sulfonamides is 1. The predicted octanol–water partition coefficient (Wildman–Crippen LogP) is 5.07. The van der Waals surface area contributed by atoms with Gasteiger partial charge in [0, 0.05) is 11.1 Å². The maximum Gasteiger partial charge on any atom is 0.264 e. The number of anilines is 1. The molecule has 4 nitrogen and oxygen atoms in total. The lowest BCUT2D eigenvalue weighted by atomic mass is 10.0. The van der Waals surface area contributed by atoms with Crippen molar-refractivity contribution in [3.63, 3.8) is 0 Å². The van der Waals surface area contributed by atoms with E-state index < -0.39 is 33.4 Å². The topological polar surface area (TPSA) is 57.6 Å². The molecular formula is C21H18ClF2NO3S. The van der Waals surface area contributed by atoms with E-state index >= 15 is 0 Å². The normalized spacial score (nSPS) is 12.6. The van der Waals surface area contributed by atoms with E-state index in [0.717, 1.165) is 22.5 Å². The second-order valence-corrected chi connectivity index (χ2v) is 8.63. The van der Waals surface area contributed by atoms with Gasteiger partial charge in [0.2, 0.25) is 0 Å². The maximum absolute atomic E-state index is 14.6. The van der Waals surface area contributed by atoms with Gasteiger partial charge in [-0.2, -0.15) is 0 Å². The zero-order valence-electron chi connectivity index (χ0n) is 15.4. The van der Waals surface area contributed by atoms with Gasteiger partial charge in [-0.15, -0.1) is 0 Å². The molecule has 0 aromatic heterocycles. The van der Waals surface area contributed by atoms with E-state index in [9.17, 15) is 22.3 Å². The molecule has 0 amide bonds. The zero-order valence-corrected chi connectivity index (χ0v) is 17.0. The minimum atomic E-state index is -4.30. The molecule has 0 saturated carbocycles. The van der Waals surface area contributed by atoms with E-state index in [2.05, 4.69) is 0 Å². The van der Waals surface area contributed by atoms with Gasteiger partial charge in [0.05, 0.1) is 23.2 Å². The van der Waals surface area contributed by atoms with Crippen molar-refractivity contribution in [3.8, 4) is 0 Å². The van der Waals surface area contributed by atoms with E-state index in [4.69, 9.17) is 11.6 Å². The number of aliphatic hydroxyl groups is 1. The molecule has 1 N–H and O–H groups in total. The number of halogens is 3. The number of benzene rings is 3. The molecule has 0 fully saturated rings. The van der Waals surface area contributed by atoms with Gasteiger partial charge in [-0.05, 0) is 54.4 Å². The molecule has 3 aromatic carbocycles. The summed E-state index contributed by atoms with van der Waals surface area (Å²) in [6, 6.07) is 13.7. The summed E-state index contributed by atoms with van der Waals surface area (Å²) in [6.07, 6.45) is 0. The molecular weight excluding hydrogens is 420 g/mol. The summed E-state index contributed by atoms with van der Waals surface area (Å²) in [7, 11) is -4.30. The number of rotatable bonds is 6. The Morgan fingerprint density at radius 1 is 1.03 bits per heavy atom. The molecule has 8 heteroatoms. The molecule has 0 aliphatic rings. The van der Waals surface area contributed by atoms with E-state index in [1.807, 2.05) is 0 Å². The smallest absolute Gasteiger partial charge is 0.264 e. The standard InChI is InChI=1S/C21H18ClF2NO3S/c1-14(19-5-3-2-4-15(19)13-26)25(21-12-17(23)8-11-20(21)24)29(27,28)18-9-6-16(22)7-10-18/h2-12,14,26H,13H2,1H3/t14-/m1/s1. The average molecular weight is 438 g/mol. The summed E-state index contributed by atoms with van der Waals surface area (Å²) in [5.74, 6) is -1.67. The highest BCUT2D eigenvalue weighted by atomic mass is 35.5. The van der Waals surface area contributed by atoms with Crippen LogP contribution in [-0.4, -0.2) is 13.5 Å². The maximum atomic E-state index is 14.6. The van der Waals surface area contributed by atoms with Crippen molar-refractivity contribution in [1.82, 2.24) is 0 Å². The molecule has 152 valence electrons. The SMILES string of the molecule is C[C@H](c1ccccc1CO)N(c1cc(F)ccc1F)S(=O)(=O)c1ccc(Cl)cc1. The predicted molar refractivity (Wildman–Crippen MR) is 108 cm³/mol. The van der Waals surface area contributed by atoms with Crippen molar-refractivity contribution >= 4 is 27.3 Å². The van der Waals surface area contributed by atoms with E-state index in [1.54, 1.807) is 31.2 Å². The Hall–Kier alpha value is -2.48. The summed E-state index contributed by atoms with van der Waals surface area (Å²) < 4.78 is 56.3. The fourth-order valence-corrected chi connectivity index (χ4v) is 4.90. The molecule has 0 spiro atoms. The van der Waals surface area contributed by atoms with E-state index in [-0.39, 0.29) is 11.5 Å². The van der Waals surface area contributed by atoms with Gasteiger partial charge in [-0.1, -0.05) is 35.9 Å². The highest BCUT2D eigenvalue weighted by molar-refractivity contribution is 7.92. The highest BCUT2D eigenvalue weighted by Gasteiger charge is 2.33. The van der Waals surface area contributed by atoms with Crippen LogP contribution in [0.15, 0.2) is 71.6 Å². The summed E-state index contributed by atoms with van der Waals surface area (Å²) in [5.41, 5.74) is 0.518. The number of hydrogen-bond donors (Lipinski definition) is 1. The van der Waals surface area contributed by atoms with Crippen LogP contribution in [0.2, 0.25) is 5.02 Å². The van der Waals surface area contributed by atoms with E-state index in [1.165, 1.54) is 24.3 Å². The molecule has 0 aliphatic carbocycles. The Bertz CT molecular complexity index is 1120. The van der Waals surface area contributed by atoms with Crippen molar-refractivity contribution in [1.29, 1.82) is 0 Å². The number of nitrogens with zero attached hydrogens (tertiary/aromatic N) is 1. The summed E-state index contributed by atoms with van der Waals surface area (Å²) in [6.45, 7) is 1.22. The second kappa shape index (κ2) is 8.49. The molecule has 0 radical (unpaired) electrons. The third-order valence-electron chi connectivity index (χ3n) is 4.54. The number of aliphatic hydroxyl groups excluding tert-OH is 1. The third kappa shape index (κ3) is 4.27. The number of hydrogen-bond acceptors (Lipinski definition) is 3. The summed E-state index contributed by atoms with van der Waals surface area (Å²) >= 11 is 5.86. The monoisotopic (exact) mass is 437 g/mol. The van der Waals surface area contributed by atoms with Crippen LogP contribution in [0.25, 0.3) is 0 Å². The van der Waals surface area contributed by atoms with Crippen molar-refractivity contribution in [2.24, 2.45) is 0 Å². The van der Waals surface area contributed by atoms with Crippen LogP contribution >= 0.6 is 11.6 Å². The first-order valence-corrected chi connectivity index (χ1v) is 10.5. The van der Waals surface area contributed by atoms with Crippen molar-refractivity contribution in [2.45, 2.75) is 24.5 Å². The minimum Gasteiger partial charge on any atom is -0.392 e. The van der Waals surface area contributed by atoms with Crippen molar-refractivity contribution in [3.05, 3.63) is 94.5 Å². The van der Waals surface area contributed by atoms with Gasteiger partial charge in [0.1, 0.15) is 11.6 Å². The molecule has 0 aliphatic heterocycles. The van der Waals surface area contributed by atoms with Gasteiger partial charge in [0.25, 0.3) is 10.0 Å². The van der Waals surface area contributed by atoms with Crippen molar-refractivity contribution < 1.29 is 22.3 Å². The first-order valence-electron chi connectivity index (χ1n) is 8.69. The van der Waals surface area contributed by atoms with Gasteiger partial charge in [-0.25, -0.2) is 17.2 Å². The van der Waals surface area contributed by atoms with Gasteiger partial charge in [0.15, 0.2) is 0 Å². The quantitative estimate of drug-likeness (QED) is 0.586. The first-order chi connectivity index (χ1) is 13.8. The largest absolute Gasteiger partial charge is 0.392 e. The van der Waals surface area contributed by atoms with Crippen LogP contribution in [0, 0.1) is 11.6 Å². The van der Waals surface area contributed by atoms with Crippen LogP contribution in [0.3, 0.4) is 0 Å². The lowest BCUT2D eigenvalue weighted by Crippen LogP contribution is -2.35. The van der Waals surface area contributed by atoms with Gasteiger partial charge >= 0.3 is 0 Å². The van der Waals surface area contributed by atoms with Crippen LogP contribution in [0.1, 0.15) is 24.1 Å². The highest BCUT2D eigenvalue weighted by Crippen LogP contribution is 2.36. The Kier molecular flexibility index (Phi) is 6.21. The van der Waals surface area contributed by atoms with Gasteiger partial charge < -0.3 is 5.11 Å². The lowest BCUT2D eigenvalue weighted by Gasteiger charge is -2.32. The lowest BCUT2D eigenvalue weighted by molar-refractivity contribution is 0.280. The molecule has 0 bridgehead atoms. The third-order valence-corrected chi connectivity index (χ3v) is 6.69. The first kappa shape index (κ1) is 21.2. The molecule has 0 unspecified atom stereocenters. The molecule has 1 atom stereocenters. The van der Waals surface area contributed by atoms with E-state index in [0.29, 0.717) is 16.1 Å². The van der Waals surface area contributed by atoms with Crippen LogP contribution in [-0.2, 0) is 16.6 Å². The minimum absolute atomic E-state index is 0.126. The van der Waals surface area contributed by atoms with Crippen molar-refractivity contribution in [2.75, 3.05) is 4.31 Å². The zero-order chi connectivity index (χ0) is 21.2. The summed E-state index contributed by atoms with van der Waals surface area (Å²) in [4.78, 5) is -0.126. The molecule has 3 rings (SSSR count). The van der Waals surface area contributed by atoms with Crippen LogP contribution < -0.4 is 4.31 Å². The second-order valence-electron chi connectivity index (χ2n) is 6.38. The van der Waals surface area contributed by atoms with Crippen LogP contribution in [0.5, 0.6) is 0 Å². The molecule has 29 heavy (non-hydrogen) atoms. The Morgan fingerprint density at radius 2 is 1.69 bits per heavy atom.